The van der Waals surface area contributed by atoms with Crippen molar-refractivity contribution < 1.29 is 9.59 Å². The molecule has 0 radical (unpaired) electrons. The largest absolute Gasteiger partial charge is 0.357 e. The van der Waals surface area contributed by atoms with E-state index in [2.05, 4.69) is 16.4 Å². The van der Waals surface area contributed by atoms with Gasteiger partial charge < -0.3 is 5.32 Å². The number of pyridine rings is 1. The Morgan fingerprint density at radius 1 is 1.45 bits per heavy atom. The fourth-order valence-corrected chi connectivity index (χ4v) is 2.30. The number of imide groups is 1. The first-order chi connectivity index (χ1) is 9.43. The molecule has 1 N–H and O–H groups in total. The highest BCUT2D eigenvalue weighted by Crippen LogP contribution is 2.21. The minimum atomic E-state index is -0.515. The fraction of sp³-hybridized carbons (Fsp3) is 0.429. The first-order valence-corrected chi connectivity index (χ1v) is 6.39. The average Bonchev–Trinajstić information content (AvgIpc) is 2.39. The Hall–Kier alpha value is -2.42. The van der Waals surface area contributed by atoms with Gasteiger partial charge in [0, 0.05) is 19.2 Å². The zero-order chi connectivity index (χ0) is 14.9. The Balaban J connectivity index is 2.29. The molecule has 104 valence electrons. The number of rotatable bonds is 2. The van der Waals surface area contributed by atoms with Crippen molar-refractivity contribution in [3.63, 3.8) is 0 Å². The van der Waals surface area contributed by atoms with E-state index in [1.54, 1.807) is 0 Å². The lowest BCUT2D eigenvalue weighted by Gasteiger charge is -2.28. The summed E-state index contributed by atoms with van der Waals surface area (Å²) in [5, 5.41) is 12.2. The molecular formula is C14H16N4O2. The quantitative estimate of drug-likeness (QED) is 0.815. The molecule has 1 aromatic rings. The first kappa shape index (κ1) is 14.0. The van der Waals surface area contributed by atoms with Crippen LogP contribution in [0.25, 0.3) is 0 Å². The number of hydrogen-bond donors (Lipinski definition) is 1. The summed E-state index contributed by atoms with van der Waals surface area (Å²) in [4.78, 5) is 28.9. The van der Waals surface area contributed by atoms with Crippen molar-refractivity contribution in [3.05, 3.63) is 22.9 Å². The van der Waals surface area contributed by atoms with Gasteiger partial charge in [-0.25, -0.2) is 4.98 Å². The third kappa shape index (κ3) is 2.48. The minimum Gasteiger partial charge on any atom is -0.357 e. The molecule has 2 amide bonds. The van der Waals surface area contributed by atoms with Gasteiger partial charge in [0.15, 0.2) is 0 Å². The van der Waals surface area contributed by atoms with E-state index in [1.165, 1.54) is 7.05 Å². The molecule has 2 rings (SSSR count). The zero-order valence-electron chi connectivity index (χ0n) is 11.7. The van der Waals surface area contributed by atoms with Crippen LogP contribution in [0.2, 0.25) is 0 Å². The van der Waals surface area contributed by atoms with Gasteiger partial charge in [-0.15, -0.1) is 0 Å². The Morgan fingerprint density at radius 3 is 2.80 bits per heavy atom. The van der Waals surface area contributed by atoms with Crippen LogP contribution in [-0.4, -0.2) is 34.8 Å². The number of nitrogens with one attached hydrogen (secondary N) is 1. The third-order valence-corrected chi connectivity index (χ3v) is 3.42. The molecule has 1 atom stereocenters. The van der Waals surface area contributed by atoms with E-state index in [0.717, 1.165) is 16.2 Å². The van der Waals surface area contributed by atoms with Crippen LogP contribution in [-0.2, 0) is 9.59 Å². The second-order valence-electron chi connectivity index (χ2n) is 4.94. The maximum absolute atomic E-state index is 12.0. The minimum absolute atomic E-state index is 0.179. The lowest BCUT2D eigenvalue weighted by Crippen LogP contribution is -2.48. The van der Waals surface area contributed by atoms with E-state index < -0.39 is 6.04 Å². The lowest BCUT2D eigenvalue weighted by atomic mass is 10.0. The summed E-state index contributed by atoms with van der Waals surface area (Å²) in [6.45, 7) is 3.66. The molecule has 0 spiro atoms. The number of nitriles is 1. The molecule has 1 saturated heterocycles. The molecule has 0 bridgehead atoms. The number of amides is 2. The van der Waals surface area contributed by atoms with Crippen LogP contribution in [0.4, 0.5) is 5.82 Å². The van der Waals surface area contributed by atoms with E-state index in [1.807, 2.05) is 19.9 Å². The molecule has 1 aliphatic rings. The third-order valence-electron chi connectivity index (χ3n) is 3.42. The van der Waals surface area contributed by atoms with Crippen LogP contribution in [0.5, 0.6) is 0 Å². The molecule has 1 aliphatic heterocycles. The van der Waals surface area contributed by atoms with E-state index in [-0.39, 0.29) is 11.8 Å². The number of likely N-dealkylation sites (tertiary alicyclic amines) is 1. The molecular weight excluding hydrogens is 256 g/mol. The number of likely N-dealkylation sites (N-methyl/N-ethyl adjacent to an activating group) is 1. The second-order valence-corrected chi connectivity index (χ2v) is 4.94. The van der Waals surface area contributed by atoms with E-state index in [9.17, 15) is 14.9 Å². The van der Waals surface area contributed by atoms with Crippen LogP contribution < -0.4 is 5.32 Å². The van der Waals surface area contributed by atoms with Crippen molar-refractivity contribution in [2.75, 3.05) is 12.4 Å². The summed E-state index contributed by atoms with van der Waals surface area (Å²) in [6.07, 6.45) is 0.730. The number of carbonyl (C=O) groups is 2. The Kier molecular flexibility index (Phi) is 3.70. The SMILES string of the molecule is Cc1cc(C)c(C#N)c(NC2CCC(=O)N(C)C2=O)n1. The molecule has 1 aromatic heterocycles. The number of piperidine rings is 1. The lowest BCUT2D eigenvalue weighted by molar-refractivity contribution is -0.146. The highest BCUT2D eigenvalue weighted by Gasteiger charge is 2.32. The smallest absolute Gasteiger partial charge is 0.251 e. The molecule has 6 heteroatoms. The van der Waals surface area contributed by atoms with Crippen LogP contribution in [0, 0.1) is 25.2 Å². The number of aryl methyl sites for hydroxylation is 2. The molecule has 1 fully saturated rings. The summed E-state index contributed by atoms with van der Waals surface area (Å²) in [6, 6.07) is 3.40. The monoisotopic (exact) mass is 272 g/mol. The van der Waals surface area contributed by atoms with Gasteiger partial charge in [0.1, 0.15) is 17.9 Å². The van der Waals surface area contributed by atoms with Gasteiger partial charge in [-0.2, -0.15) is 5.26 Å². The summed E-state index contributed by atoms with van der Waals surface area (Å²) in [5.41, 5.74) is 2.02. The van der Waals surface area contributed by atoms with Crippen LogP contribution in [0.3, 0.4) is 0 Å². The van der Waals surface area contributed by atoms with Gasteiger partial charge in [0.2, 0.25) is 5.91 Å². The Labute approximate surface area is 117 Å². The normalized spacial score (nSPS) is 18.9. The summed E-state index contributed by atoms with van der Waals surface area (Å²) in [5.74, 6) is -0.0564. The van der Waals surface area contributed by atoms with Crippen LogP contribution in [0.1, 0.15) is 29.7 Å². The predicted molar refractivity (Wildman–Crippen MR) is 72.8 cm³/mol. The zero-order valence-corrected chi connectivity index (χ0v) is 11.7. The summed E-state index contributed by atoms with van der Waals surface area (Å²) < 4.78 is 0. The van der Waals surface area contributed by atoms with Gasteiger partial charge in [-0.3, -0.25) is 14.5 Å². The van der Waals surface area contributed by atoms with Crippen molar-refractivity contribution >= 4 is 17.6 Å². The van der Waals surface area contributed by atoms with Gasteiger partial charge >= 0.3 is 0 Å². The highest BCUT2D eigenvalue weighted by atomic mass is 16.2. The van der Waals surface area contributed by atoms with Crippen LogP contribution in [0.15, 0.2) is 6.07 Å². The summed E-state index contributed by atoms with van der Waals surface area (Å²) >= 11 is 0. The first-order valence-electron chi connectivity index (χ1n) is 6.39. The van der Waals surface area contributed by atoms with Crippen molar-refractivity contribution in [1.29, 1.82) is 5.26 Å². The maximum atomic E-state index is 12.0. The molecule has 2 heterocycles. The molecule has 20 heavy (non-hydrogen) atoms. The van der Waals surface area contributed by atoms with Crippen molar-refractivity contribution in [3.8, 4) is 6.07 Å². The molecule has 0 aliphatic carbocycles. The molecule has 6 nitrogen and oxygen atoms in total. The van der Waals surface area contributed by atoms with E-state index >= 15 is 0 Å². The Morgan fingerprint density at radius 2 is 2.15 bits per heavy atom. The van der Waals surface area contributed by atoms with Crippen molar-refractivity contribution in [2.24, 2.45) is 0 Å². The number of carbonyl (C=O) groups excluding carboxylic acids is 2. The number of nitrogens with zero attached hydrogens (tertiary/aromatic N) is 3. The predicted octanol–water partition coefficient (Wildman–Crippen LogP) is 1.13. The van der Waals surface area contributed by atoms with Gasteiger partial charge in [-0.1, -0.05) is 0 Å². The van der Waals surface area contributed by atoms with E-state index in [0.29, 0.717) is 24.2 Å². The summed E-state index contributed by atoms with van der Waals surface area (Å²) in [7, 11) is 1.47. The van der Waals surface area contributed by atoms with Crippen molar-refractivity contribution in [1.82, 2.24) is 9.88 Å². The highest BCUT2D eigenvalue weighted by molar-refractivity contribution is 6.01. The average molecular weight is 272 g/mol. The molecule has 1 unspecified atom stereocenters. The van der Waals surface area contributed by atoms with Gasteiger partial charge in [0.05, 0.1) is 5.56 Å². The fourth-order valence-electron chi connectivity index (χ4n) is 2.30. The van der Waals surface area contributed by atoms with Gasteiger partial charge in [-0.05, 0) is 31.9 Å². The number of anilines is 1. The Bertz CT molecular complexity index is 618. The number of hydrogen-bond acceptors (Lipinski definition) is 5. The van der Waals surface area contributed by atoms with Crippen LogP contribution >= 0.6 is 0 Å². The van der Waals surface area contributed by atoms with Crippen molar-refractivity contribution in [2.45, 2.75) is 32.7 Å². The van der Waals surface area contributed by atoms with Gasteiger partial charge in [0.25, 0.3) is 5.91 Å². The maximum Gasteiger partial charge on any atom is 0.251 e. The number of aromatic nitrogens is 1. The topological polar surface area (TPSA) is 86.1 Å². The molecule has 0 saturated carbocycles. The second kappa shape index (κ2) is 5.29. The van der Waals surface area contributed by atoms with E-state index in [4.69, 9.17) is 0 Å². The molecule has 0 aromatic carbocycles. The standard InChI is InChI=1S/C14H16N4O2/c1-8-6-9(2)16-13(10(8)7-15)17-11-4-5-12(19)18(3)14(11)20/h6,11H,4-5H2,1-3H3,(H,16,17).